The van der Waals surface area contributed by atoms with Crippen LogP contribution in [0.4, 0.5) is 13.9 Å². The van der Waals surface area contributed by atoms with E-state index >= 15 is 0 Å². The molecule has 33 heavy (non-hydrogen) atoms. The molecule has 0 aliphatic carbocycles. The molecule has 0 aliphatic rings. The summed E-state index contributed by atoms with van der Waals surface area (Å²) in [5.41, 5.74) is 1.52. The van der Waals surface area contributed by atoms with E-state index in [0.29, 0.717) is 16.4 Å². The Morgan fingerprint density at radius 2 is 1.97 bits per heavy atom. The first-order chi connectivity index (χ1) is 15.8. The van der Waals surface area contributed by atoms with Gasteiger partial charge in [-0.3, -0.25) is 9.59 Å². The number of aromatic amines is 1. The van der Waals surface area contributed by atoms with Crippen molar-refractivity contribution < 1.29 is 37.4 Å². The number of esters is 1. The Balaban J connectivity index is 1.56. The third-order valence-electron chi connectivity index (χ3n) is 4.19. The van der Waals surface area contributed by atoms with Crippen molar-refractivity contribution in [2.45, 2.75) is 6.61 Å². The number of benzene rings is 1. The average Bonchev–Trinajstić information content (AvgIpc) is 3.46. The molecule has 0 aliphatic heterocycles. The van der Waals surface area contributed by atoms with Gasteiger partial charge in [0, 0.05) is 22.7 Å². The first kappa shape index (κ1) is 23.7. The van der Waals surface area contributed by atoms with Gasteiger partial charge in [-0.2, -0.15) is 8.78 Å². The van der Waals surface area contributed by atoms with Crippen molar-refractivity contribution in [1.82, 2.24) is 15.3 Å². The predicted molar refractivity (Wildman–Crippen MR) is 114 cm³/mol. The zero-order chi connectivity index (χ0) is 24.0. The summed E-state index contributed by atoms with van der Waals surface area (Å²) in [6.45, 7) is -3.40. The summed E-state index contributed by atoms with van der Waals surface area (Å²) in [5, 5.41) is 6.95. The summed E-state index contributed by atoms with van der Waals surface area (Å²) in [7, 11) is 2.51. The number of hydrogen-bond acceptors (Lipinski definition) is 8. The van der Waals surface area contributed by atoms with E-state index in [1.165, 1.54) is 32.4 Å². The third kappa shape index (κ3) is 6.04. The second-order valence-electron chi connectivity index (χ2n) is 6.31. The maximum Gasteiger partial charge on any atom is 0.387 e. The first-order valence-corrected chi connectivity index (χ1v) is 10.1. The summed E-state index contributed by atoms with van der Waals surface area (Å²) in [5.74, 6) is -1.94. The van der Waals surface area contributed by atoms with Gasteiger partial charge in [0.2, 0.25) is 5.91 Å². The van der Waals surface area contributed by atoms with E-state index in [1.807, 2.05) is 0 Å². The van der Waals surface area contributed by atoms with Gasteiger partial charge in [-0.1, -0.05) is 0 Å². The lowest BCUT2D eigenvalue weighted by atomic mass is 10.2. The lowest BCUT2D eigenvalue weighted by Gasteiger charge is -2.11. The highest BCUT2D eigenvalue weighted by atomic mass is 32.1. The Bertz CT molecular complexity index is 1160. The van der Waals surface area contributed by atoms with E-state index < -0.39 is 24.4 Å². The third-order valence-corrected chi connectivity index (χ3v) is 4.94. The Morgan fingerprint density at radius 1 is 1.18 bits per heavy atom. The topological polar surface area (TPSA) is 132 Å². The molecule has 13 heteroatoms. The van der Waals surface area contributed by atoms with Gasteiger partial charge in [0.1, 0.15) is 5.69 Å². The molecule has 174 valence electrons. The molecule has 0 fully saturated rings. The van der Waals surface area contributed by atoms with Crippen LogP contribution >= 0.6 is 11.3 Å². The summed E-state index contributed by atoms with van der Waals surface area (Å²) in [6, 6.07) is 5.22. The number of methoxy groups -OCH3 is 2. The van der Waals surface area contributed by atoms with Crippen molar-refractivity contribution in [3.05, 3.63) is 47.1 Å². The van der Waals surface area contributed by atoms with Crippen LogP contribution in [0.25, 0.3) is 11.3 Å². The van der Waals surface area contributed by atoms with Crippen LogP contribution in [0.5, 0.6) is 11.5 Å². The van der Waals surface area contributed by atoms with E-state index in [-0.39, 0.29) is 29.3 Å². The van der Waals surface area contributed by atoms with E-state index in [2.05, 4.69) is 30.1 Å². The quantitative estimate of drug-likeness (QED) is 0.401. The Kier molecular flexibility index (Phi) is 7.56. The SMILES string of the molecule is COC(=O)c1cc(-c2csc(NC(=O)CNC(=O)c3ccc(OC(F)F)c(OC)c3)n2)c[nH]1. The molecule has 0 radical (unpaired) electrons. The molecule has 1 aromatic carbocycles. The van der Waals surface area contributed by atoms with E-state index in [0.717, 1.165) is 11.3 Å². The molecule has 2 amide bonds. The normalized spacial score (nSPS) is 10.6. The number of alkyl halides is 2. The maximum atomic E-state index is 12.4. The second kappa shape index (κ2) is 10.5. The number of hydrogen-bond donors (Lipinski definition) is 3. The molecule has 10 nitrogen and oxygen atoms in total. The fourth-order valence-electron chi connectivity index (χ4n) is 2.66. The lowest BCUT2D eigenvalue weighted by Crippen LogP contribution is -2.32. The highest BCUT2D eigenvalue weighted by Gasteiger charge is 2.16. The molecule has 0 unspecified atom stereocenters. The summed E-state index contributed by atoms with van der Waals surface area (Å²) in [4.78, 5) is 43.0. The Morgan fingerprint density at radius 3 is 2.67 bits per heavy atom. The molecular weight excluding hydrogens is 462 g/mol. The zero-order valence-electron chi connectivity index (χ0n) is 17.3. The number of ether oxygens (including phenoxy) is 3. The van der Waals surface area contributed by atoms with Gasteiger partial charge in [0.15, 0.2) is 16.6 Å². The van der Waals surface area contributed by atoms with E-state index in [4.69, 9.17) is 4.74 Å². The van der Waals surface area contributed by atoms with E-state index in [1.54, 1.807) is 17.6 Å². The number of amides is 2. The number of thiazole rings is 1. The van der Waals surface area contributed by atoms with Gasteiger partial charge in [0.05, 0.1) is 26.5 Å². The minimum atomic E-state index is -3.04. The number of nitrogens with zero attached hydrogens (tertiary/aromatic N) is 1. The van der Waals surface area contributed by atoms with Crippen LogP contribution in [-0.4, -0.2) is 55.1 Å². The van der Waals surface area contributed by atoms with Crippen molar-refractivity contribution >= 4 is 34.3 Å². The van der Waals surface area contributed by atoms with Gasteiger partial charge in [-0.15, -0.1) is 11.3 Å². The minimum absolute atomic E-state index is 0.0529. The average molecular weight is 480 g/mol. The highest BCUT2D eigenvalue weighted by molar-refractivity contribution is 7.14. The minimum Gasteiger partial charge on any atom is -0.493 e. The fourth-order valence-corrected chi connectivity index (χ4v) is 3.40. The van der Waals surface area contributed by atoms with Gasteiger partial charge < -0.3 is 29.8 Å². The van der Waals surface area contributed by atoms with E-state index in [9.17, 15) is 23.2 Å². The molecule has 0 saturated heterocycles. The maximum absolute atomic E-state index is 12.4. The number of H-pyrrole nitrogens is 1. The van der Waals surface area contributed by atoms with Crippen molar-refractivity contribution in [3.8, 4) is 22.8 Å². The smallest absolute Gasteiger partial charge is 0.387 e. The largest absolute Gasteiger partial charge is 0.493 e. The van der Waals surface area contributed by atoms with Crippen LogP contribution in [0.2, 0.25) is 0 Å². The Hall–Kier alpha value is -4.00. The first-order valence-electron chi connectivity index (χ1n) is 9.24. The summed E-state index contributed by atoms with van der Waals surface area (Å²) in [6.07, 6.45) is 1.58. The fraction of sp³-hybridized carbons (Fsp3) is 0.200. The van der Waals surface area contributed by atoms with Gasteiger partial charge in [-0.05, 0) is 24.3 Å². The molecule has 2 heterocycles. The van der Waals surface area contributed by atoms with Gasteiger partial charge in [0.25, 0.3) is 5.91 Å². The van der Waals surface area contributed by atoms with Crippen molar-refractivity contribution in [1.29, 1.82) is 0 Å². The number of nitrogens with one attached hydrogen (secondary N) is 3. The molecular formula is C20H18F2N4O6S. The molecule has 3 rings (SSSR count). The predicted octanol–water partition coefficient (Wildman–Crippen LogP) is 2.90. The lowest BCUT2D eigenvalue weighted by molar-refractivity contribution is -0.115. The van der Waals surface area contributed by atoms with Crippen LogP contribution in [0.3, 0.4) is 0 Å². The number of aromatic nitrogens is 2. The second-order valence-corrected chi connectivity index (χ2v) is 7.16. The highest BCUT2D eigenvalue weighted by Crippen LogP contribution is 2.29. The molecule has 0 bridgehead atoms. The Labute approximate surface area is 189 Å². The number of anilines is 1. The number of carbonyl (C=O) groups is 3. The van der Waals surface area contributed by atoms with Crippen molar-refractivity contribution in [3.63, 3.8) is 0 Å². The number of halogens is 2. The molecule has 2 aromatic heterocycles. The standard InChI is InChI=1S/C20H18F2N4O6S/c1-30-15-6-10(3-4-14(15)32-19(21)22)17(28)24-8-16(27)26-20-25-13(9-33-20)11-5-12(23-7-11)18(29)31-2/h3-7,9,19,23H,8H2,1-2H3,(H,24,28)(H,25,26,27). The molecule has 0 saturated carbocycles. The van der Waals surface area contributed by atoms with Crippen LogP contribution in [0.1, 0.15) is 20.8 Å². The molecule has 0 spiro atoms. The zero-order valence-corrected chi connectivity index (χ0v) is 18.1. The monoisotopic (exact) mass is 480 g/mol. The molecule has 0 atom stereocenters. The molecule has 3 N–H and O–H groups in total. The summed E-state index contributed by atoms with van der Waals surface area (Å²) < 4.78 is 38.7. The van der Waals surface area contributed by atoms with Crippen LogP contribution < -0.4 is 20.1 Å². The van der Waals surface area contributed by atoms with Crippen LogP contribution in [0, 0.1) is 0 Å². The van der Waals surface area contributed by atoms with Crippen molar-refractivity contribution in [2.24, 2.45) is 0 Å². The number of carbonyl (C=O) groups excluding carboxylic acids is 3. The van der Waals surface area contributed by atoms with Crippen molar-refractivity contribution in [2.75, 3.05) is 26.1 Å². The van der Waals surface area contributed by atoms with Crippen LogP contribution in [0.15, 0.2) is 35.8 Å². The van der Waals surface area contributed by atoms with Crippen LogP contribution in [-0.2, 0) is 9.53 Å². The number of rotatable bonds is 9. The molecule has 3 aromatic rings. The summed E-state index contributed by atoms with van der Waals surface area (Å²) >= 11 is 1.16. The van der Waals surface area contributed by atoms with Gasteiger partial charge >= 0.3 is 12.6 Å². The van der Waals surface area contributed by atoms with Gasteiger partial charge in [-0.25, -0.2) is 9.78 Å².